The van der Waals surface area contributed by atoms with Crippen molar-refractivity contribution in [2.75, 3.05) is 0 Å². The molecule has 0 radical (unpaired) electrons. The number of carbonyl (C=O) groups excluding carboxylic acids is 7. The Labute approximate surface area is 341 Å². The summed E-state index contributed by atoms with van der Waals surface area (Å²) < 4.78 is 0. The molecule has 0 aliphatic carbocycles. The Morgan fingerprint density at radius 1 is 0.583 bits per heavy atom. The Morgan fingerprint density at radius 2 is 1.07 bits per heavy atom. The Bertz CT molecular complexity index is 1830. The van der Waals surface area contributed by atoms with Crippen LogP contribution in [0.3, 0.4) is 0 Å². The number of benzene rings is 1. The van der Waals surface area contributed by atoms with Crippen LogP contribution in [0.15, 0.2) is 18.2 Å². The van der Waals surface area contributed by atoms with Crippen LogP contribution in [0.1, 0.15) is 81.3 Å². The van der Waals surface area contributed by atoms with Gasteiger partial charge in [-0.1, -0.05) is 26.0 Å². The number of amides is 7. The highest BCUT2D eigenvalue weighted by Gasteiger charge is 2.34. The topological polar surface area (TPSA) is 404 Å². The van der Waals surface area contributed by atoms with E-state index in [0.29, 0.717) is 0 Å². The van der Waals surface area contributed by atoms with Crippen molar-refractivity contribution in [1.82, 2.24) is 31.9 Å². The van der Waals surface area contributed by atoms with E-state index in [-0.39, 0.29) is 23.5 Å². The van der Waals surface area contributed by atoms with E-state index < -0.39 is 152 Å². The smallest absolute Gasteiger partial charge is 0.335 e. The molecule has 13 N–H and O–H groups in total. The number of hydrogen-bond donors (Lipinski definition) is 12. The SMILES string of the molecule is CC(=O)N[C@@H](CC(=O)O)C(=O)N[C@@H](C)C(=O)N[C@@H](CC(=O)O)C(=O)N[C@@H](CCC(=O)O)C(=O)N[C@@H](Cc1ccc(CC(=O)O)c(C(=O)O)c1)C(=O)N[C@@H](CC(C)C)C(N)=O. The zero-order chi connectivity index (χ0) is 46.0. The summed E-state index contributed by atoms with van der Waals surface area (Å²) in [5, 5.41) is 60.0. The van der Waals surface area contributed by atoms with Gasteiger partial charge in [-0.05, 0) is 42.9 Å². The first-order valence-corrected chi connectivity index (χ1v) is 18.1. The van der Waals surface area contributed by atoms with Gasteiger partial charge in [0.1, 0.15) is 36.3 Å². The third-order valence-corrected chi connectivity index (χ3v) is 8.30. The molecule has 0 saturated heterocycles. The lowest BCUT2D eigenvalue weighted by Crippen LogP contribution is -2.60. The second kappa shape index (κ2) is 23.9. The van der Waals surface area contributed by atoms with Crippen molar-refractivity contribution in [2.45, 2.75) is 109 Å². The van der Waals surface area contributed by atoms with Crippen LogP contribution in [0, 0.1) is 5.92 Å². The molecule has 1 aromatic rings. The number of primary amides is 1. The number of aliphatic carboxylic acids is 4. The van der Waals surface area contributed by atoms with Crippen LogP contribution >= 0.6 is 0 Å². The lowest BCUT2D eigenvalue weighted by atomic mass is 9.96. The number of nitrogens with one attached hydrogen (secondary N) is 6. The van der Waals surface area contributed by atoms with Crippen molar-refractivity contribution < 1.29 is 83.1 Å². The Morgan fingerprint density at radius 3 is 1.55 bits per heavy atom. The second-order valence-electron chi connectivity index (χ2n) is 14.0. The molecule has 24 nitrogen and oxygen atoms in total. The second-order valence-corrected chi connectivity index (χ2v) is 14.0. The number of nitrogens with two attached hydrogens (primary N) is 1. The Kier molecular flexibility index (Phi) is 20.3. The summed E-state index contributed by atoms with van der Waals surface area (Å²) in [6, 6.07) is -6.54. The molecular weight excluding hydrogens is 802 g/mol. The summed E-state index contributed by atoms with van der Waals surface area (Å²) in [4.78, 5) is 148. The van der Waals surface area contributed by atoms with Gasteiger partial charge in [0.2, 0.25) is 41.4 Å². The maximum Gasteiger partial charge on any atom is 0.335 e. The minimum absolute atomic E-state index is 0.0449. The number of hydrogen-bond acceptors (Lipinski definition) is 12. The summed E-state index contributed by atoms with van der Waals surface area (Å²) in [5.74, 6) is -15.3. The fourth-order valence-corrected chi connectivity index (χ4v) is 5.47. The van der Waals surface area contributed by atoms with Gasteiger partial charge in [0.15, 0.2) is 0 Å². The number of carbonyl (C=O) groups is 12. The molecule has 0 aliphatic heterocycles. The van der Waals surface area contributed by atoms with Gasteiger partial charge in [0.05, 0.1) is 24.8 Å². The number of aromatic carboxylic acids is 1. The monoisotopic (exact) mass is 851 g/mol. The Hall–Kier alpha value is -7.14. The van der Waals surface area contributed by atoms with Crippen LogP contribution in [0.5, 0.6) is 0 Å². The molecule has 0 aliphatic rings. The zero-order valence-electron chi connectivity index (χ0n) is 32.9. The zero-order valence-corrected chi connectivity index (χ0v) is 32.9. The lowest BCUT2D eigenvalue weighted by molar-refractivity contribution is -0.141. The first kappa shape index (κ1) is 50.9. The summed E-state index contributed by atoms with van der Waals surface area (Å²) in [6.45, 7) is 5.50. The molecule has 60 heavy (non-hydrogen) atoms. The van der Waals surface area contributed by atoms with Gasteiger partial charge in [-0.3, -0.25) is 52.7 Å². The molecule has 1 aromatic carbocycles. The summed E-state index contributed by atoms with van der Waals surface area (Å²) in [5.41, 5.74) is 4.98. The summed E-state index contributed by atoms with van der Waals surface area (Å²) in [7, 11) is 0. The highest BCUT2D eigenvalue weighted by atomic mass is 16.4. The first-order chi connectivity index (χ1) is 27.8. The summed E-state index contributed by atoms with van der Waals surface area (Å²) in [6.07, 6.45) is -4.62. The quantitative estimate of drug-likeness (QED) is 0.0438. The van der Waals surface area contributed by atoms with Gasteiger partial charge in [-0.15, -0.1) is 0 Å². The predicted molar refractivity (Wildman–Crippen MR) is 201 cm³/mol. The van der Waals surface area contributed by atoms with Crippen LogP contribution < -0.4 is 37.6 Å². The minimum Gasteiger partial charge on any atom is -0.481 e. The van der Waals surface area contributed by atoms with Crippen LogP contribution in [-0.2, 0) is 65.6 Å². The molecule has 7 amide bonds. The third-order valence-electron chi connectivity index (χ3n) is 8.30. The molecule has 330 valence electrons. The van der Waals surface area contributed by atoms with E-state index in [2.05, 4.69) is 31.9 Å². The molecule has 0 saturated carbocycles. The fourth-order valence-electron chi connectivity index (χ4n) is 5.47. The van der Waals surface area contributed by atoms with Crippen molar-refractivity contribution >= 4 is 71.2 Å². The minimum atomic E-state index is -2.00. The average molecular weight is 852 g/mol. The van der Waals surface area contributed by atoms with Crippen LogP contribution in [0.2, 0.25) is 0 Å². The molecule has 0 unspecified atom stereocenters. The molecule has 0 fully saturated rings. The average Bonchev–Trinajstić information content (AvgIpc) is 3.11. The lowest BCUT2D eigenvalue weighted by Gasteiger charge is -2.27. The molecule has 0 aromatic heterocycles. The van der Waals surface area contributed by atoms with E-state index in [1.807, 2.05) is 0 Å². The van der Waals surface area contributed by atoms with Crippen LogP contribution in [0.4, 0.5) is 0 Å². The van der Waals surface area contributed by atoms with Crippen molar-refractivity contribution in [1.29, 1.82) is 0 Å². The van der Waals surface area contributed by atoms with E-state index in [9.17, 15) is 78.0 Å². The van der Waals surface area contributed by atoms with Crippen LogP contribution in [0.25, 0.3) is 0 Å². The van der Waals surface area contributed by atoms with Gasteiger partial charge in [0, 0.05) is 19.8 Å². The van der Waals surface area contributed by atoms with E-state index in [1.54, 1.807) is 13.8 Å². The van der Waals surface area contributed by atoms with Crippen LogP contribution in [-0.4, -0.2) is 133 Å². The van der Waals surface area contributed by atoms with Crippen molar-refractivity contribution in [3.05, 3.63) is 34.9 Å². The molecule has 6 atom stereocenters. The highest BCUT2D eigenvalue weighted by molar-refractivity contribution is 5.98. The molecule has 1 rings (SSSR count). The number of carboxylic acid groups (broad SMARTS) is 5. The normalized spacial score (nSPS) is 13.8. The van der Waals surface area contributed by atoms with Gasteiger partial charge in [0.25, 0.3) is 0 Å². The van der Waals surface area contributed by atoms with Crippen molar-refractivity contribution in [3.63, 3.8) is 0 Å². The van der Waals surface area contributed by atoms with Crippen molar-refractivity contribution in [3.8, 4) is 0 Å². The van der Waals surface area contributed by atoms with Crippen molar-refractivity contribution in [2.24, 2.45) is 11.7 Å². The first-order valence-electron chi connectivity index (χ1n) is 18.1. The largest absolute Gasteiger partial charge is 0.481 e. The fraction of sp³-hybridized carbons (Fsp3) is 0.500. The standard InChI is InChI=1S/C36H49N7O17/c1-15(2)9-22(30(37)53)41-34(57)23(11-18-5-6-19(12-27(47)48)20(10-18)36(59)60)43-32(55)21(7-8-26(45)46)40-35(58)25(14-29(51)52)42-31(54)16(3)38-33(56)24(13-28(49)50)39-17(4)44/h5-6,10,15-16,21-25H,7-9,11-14H2,1-4H3,(H2,37,53)(H,38,56)(H,39,44)(H,40,58)(H,41,57)(H,42,54)(H,43,55)(H,45,46)(H,47,48)(H,49,50)(H,51,52)(H,59,60)/t16-,21-,22-,23-,24-,25-/m0/s1. The number of carboxylic acids is 5. The molecular formula is C36H49N7O17. The molecule has 0 bridgehead atoms. The van der Waals surface area contributed by atoms with Gasteiger partial charge in [-0.2, -0.15) is 0 Å². The molecule has 0 heterocycles. The van der Waals surface area contributed by atoms with E-state index in [1.165, 1.54) is 12.1 Å². The third kappa shape index (κ3) is 18.4. The van der Waals surface area contributed by atoms with E-state index >= 15 is 0 Å². The Balaban J connectivity index is 3.52. The van der Waals surface area contributed by atoms with E-state index in [4.69, 9.17) is 10.8 Å². The molecule has 0 spiro atoms. The maximum absolute atomic E-state index is 13.8. The van der Waals surface area contributed by atoms with Gasteiger partial charge < -0.3 is 63.2 Å². The van der Waals surface area contributed by atoms with Gasteiger partial charge >= 0.3 is 29.8 Å². The molecule has 24 heteroatoms. The van der Waals surface area contributed by atoms with E-state index in [0.717, 1.165) is 19.9 Å². The number of rotatable bonds is 26. The van der Waals surface area contributed by atoms with Gasteiger partial charge in [-0.25, -0.2) is 4.79 Å². The predicted octanol–water partition coefficient (Wildman–Crippen LogP) is -3.15. The highest BCUT2D eigenvalue weighted by Crippen LogP contribution is 2.16. The maximum atomic E-state index is 13.8. The summed E-state index contributed by atoms with van der Waals surface area (Å²) >= 11 is 0.